The molecular weight excluding hydrogens is 208 g/mol. The molecule has 0 saturated carbocycles. The quantitative estimate of drug-likeness (QED) is 0.611. The van der Waals surface area contributed by atoms with Crippen molar-refractivity contribution in [2.24, 2.45) is 0 Å². The highest BCUT2D eigenvalue weighted by Crippen LogP contribution is 2.35. The molecule has 1 aliphatic rings. The van der Waals surface area contributed by atoms with Gasteiger partial charge in [-0.15, -0.1) is 0 Å². The topological polar surface area (TPSA) is 17.0 Å². The minimum atomic E-state index is 0.847. The molecule has 82 valence electrons. The van der Waals surface area contributed by atoms with Crippen molar-refractivity contribution in [2.45, 2.75) is 6.67 Å². The van der Waals surface area contributed by atoms with Crippen LogP contribution in [0, 0.1) is 0 Å². The first-order chi connectivity index (χ1) is 8.43. The fourth-order valence-corrected chi connectivity index (χ4v) is 2.63. The molecule has 0 radical (unpaired) electrons. The first-order valence-corrected chi connectivity index (χ1v) is 5.85. The average molecular weight is 220 g/mol. The van der Waals surface area contributed by atoms with E-state index in [2.05, 4.69) is 64.5 Å². The second-order valence-electron chi connectivity index (χ2n) is 4.40. The first-order valence-electron chi connectivity index (χ1n) is 5.85. The summed E-state index contributed by atoms with van der Waals surface area (Å²) in [5, 5.41) is 4.77. The summed E-state index contributed by atoms with van der Waals surface area (Å²) in [5.41, 5.74) is 5.11. The van der Waals surface area contributed by atoms with Crippen LogP contribution in [-0.4, -0.2) is 4.57 Å². The number of benzene rings is 2. The van der Waals surface area contributed by atoms with Crippen LogP contribution in [0.25, 0.3) is 22.2 Å². The van der Waals surface area contributed by atoms with E-state index in [1.54, 1.807) is 0 Å². The van der Waals surface area contributed by atoms with Gasteiger partial charge in [0.05, 0.1) is 17.9 Å². The number of para-hydroxylation sites is 2. The summed E-state index contributed by atoms with van der Waals surface area (Å²) in [4.78, 5) is 0. The Hall–Kier alpha value is -2.22. The van der Waals surface area contributed by atoms with E-state index < -0.39 is 0 Å². The van der Waals surface area contributed by atoms with Crippen LogP contribution in [0.2, 0.25) is 0 Å². The van der Waals surface area contributed by atoms with Gasteiger partial charge in [-0.1, -0.05) is 36.4 Å². The predicted molar refractivity (Wildman–Crippen MR) is 71.0 cm³/mol. The van der Waals surface area contributed by atoms with Crippen molar-refractivity contribution < 1.29 is 0 Å². The zero-order valence-electron chi connectivity index (χ0n) is 9.35. The van der Waals surface area contributed by atoms with Crippen LogP contribution in [0.3, 0.4) is 0 Å². The molecule has 0 spiro atoms. The summed E-state index contributed by atoms with van der Waals surface area (Å²) in [7, 11) is 0. The largest absolute Gasteiger partial charge is 0.367 e. The van der Waals surface area contributed by atoms with Crippen molar-refractivity contribution in [2.75, 3.05) is 5.32 Å². The van der Waals surface area contributed by atoms with E-state index in [-0.39, 0.29) is 0 Å². The SMILES string of the molecule is c1ccc2c(c1)NCn1c-2cc2ccccc21. The van der Waals surface area contributed by atoms with Crippen LogP contribution in [0.1, 0.15) is 0 Å². The molecule has 0 saturated heterocycles. The Morgan fingerprint density at radius 3 is 2.76 bits per heavy atom. The third-order valence-electron chi connectivity index (χ3n) is 3.44. The van der Waals surface area contributed by atoms with Gasteiger partial charge in [0, 0.05) is 16.6 Å². The van der Waals surface area contributed by atoms with E-state index >= 15 is 0 Å². The van der Waals surface area contributed by atoms with Gasteiger partial charge >= 0.3 is 0 Å². The Bertz CT molecular complexity index is 710. The van der Waals surface area contributed by atoms with E-state index in [0.29, 0.717) is 0 Å². The number of anilines is 1. The molecule has 0 amide bonds. The minimum absolute atomic E-state index is 0.847. The Morgan fingerprint density at radius 2 is 1.76 bits per heavy atom. The lowest BCUT2D eigenvalue weighted by atomic mass is 10.1. The predicted octanol–water partition coefficient (Wildman–Crippen LogP) is 3.69. The van der Waals surface area contributed by atoms with E-state index in [4.69, 9.17) is 0 Å². The summed E-state index contributed by atoms with van der Waals surface area (Å²) in [6.45, 7) is 0.847. The fraction of sp³-hybridized carbons (Fsp3) is 0.0667. The summed E-state index contributed by atoms with van der Waals surface area (Å²) in [6, 6.07) is 19.3. The molecule has 2 nitrogen and oxygen atoms in total. The smallest absolute Gasteiger partial charge is 0.0926 e. The molecule has 0 atom stereocenters. The molecule has 0 aliphatic carbocycles. The highest BCUT2D eigenvalue weighted by Gasteiger charge is 2.16. The number of aromatic nitrogens is 1. The molecule has 3 aromatic rings. The second kappa shape index (κ2) is 3.14. The van der Waals surface area contributed by atoms with Crippen molar-refractivity contribution in [1.29, 1.82) is 0 Å². The lowest BCUT2D eigenvalue weighted by molar-refractivity contribution is 0.805. The second-order valence-corrected chi connectivity index (χ2v) is 4.40. The molecule has 1 N–H and O–H groups in total. The molecular formula is C15H12N2. The van der Waals surface area contributed by atoms with Crippen LogP contribution in [-0.2, 0) is 6.67 Å². The van der Waals surface area contributed by atoms with E-state index in [9.17, 15) is 0 Å². The number of nitrogens with one attached hydrogen (secondary N) is 1. The number of rotatable bonds is 0. The molecule has 2 heteroatoms. The van der Waals surface area contributed by atoms with E-state index in [1.807, 2.05) is 0 Å². The summed E-state index contributed by atoms with van der Waals surface area (Å²) < 4.78 is 2.33. The van der Waals surface area contributed by atoms with Crippen molar-refractivity contribution in [1.82, 2.24) is 4.57 Å². The maximum absolute atomic E-state index is 3.46. The normalized spacial score (nSPS) is 12.9. The molecule has 1 aromatic heterocycles. The molecule has 2 heterocycles. The van der Waals surface area contributed by atoms with Crippen molar-refractivity contribution >= 4 is 16.6 Å². The lowest BCUT2D eigenvalue weighted by Crippen LogP contribution is -2.14. The van der Waals surface area contributed by atoms with Gasteiger partial charge in [0.2, 0.25) is 0 Å². The van der Waals surface area contributed by atoms with Gasteiger partial charge < -0.3 is 9.88 Å². The van der Waals surface area contributed by atoms with Crippen LogP contribution in [0.4, 0.5) is 5.69 Å². The monoisotopic (exact) mass is 220 g/mol. The first kappa shape index (κ1) is 8.88. The number of nitrogens with zero attached hydrogens (tertiary/aromatic N) is 1. The summed E-state index contributed by atoms with van der Waals surface area (Å²) in [6.07, 6.45) is 0. The molecule has 1 aliphatic heterocycles. The van der Waals surface area contributed by atoms with Crippen molar-refractivity contribution in [3.05, 3.63) is 54.6 Å². The van der Waals surface area contributed by atoms with E-state index in [1.165, 1.54) is 27.8 Å². The highest BCUT2D eigenvalue weighted by molar-refractivity contribution is 5.91. The minimum Gasteiger partial charge on any atom is -0.367 e. The zero-order valence-corrected chi connectivity index (χ0v) is 9.35. The summed E-state index contributed by atoms with van der Waals surface area (Å²) in [5.74, 6) is 0. The maximum Gasteiger partial charge on any atom is 0.0926 e. The number of hydrogen-bond donors (Lipinski definition) is 1. The highest BCUT2D eigenvalue weighted by atomic mass is 15.1. The molecule has 0 unspecified atom stereocenters. The van der Waals surface area contributed by atoms with Gasteiger partial charge in [-0.2, -0.15) is 0 Å². The van der Waals surface area contributed by atoms with Gasteiger partial charge in [0.1, 0.15) is 0 Å². The molecule has 2 aromatic carbocycles. The van der Waals surface area contributed by atoms with Gasteiger partial charge in [0.25, 0.3) is 0 Å². The van der Waals surface area contributed by atoms with Gasteiger partial charge in [-0.3, -0.25) is 0 Å². The Labute approximate surface area is 99.5 Å². The van der Waals surface area contributed by atoms with Crippen LogP contribution in [0.15, 0.2) is 54.6 Å². The van der Waals surface area contributed by atoms with Crippen LogP contribution >= 0.6 is 0 Å². The number of hydrogen-bond acceptors (Lipinski definition) is 1. The van der Waals surface area contributed by atoms with Crippen molar-refractivity contribution in [3.63, 3.8) is 0 Å². The molecule has 0 fully saturated rings. The third kappa shape index (κ3) is 1.15. The van der Waals surface area contributed by atoms with Crippen molar-refractivity contribution in [3.8, 4) is 11.3 Å². The summed E-state index contributed by atoms with van der Waals surface area (Å²) >= 11 is 0. The Balaban J connectivity index is 2.10. The Morgan fingerprint density at radius 1 is 0.941 bits per heavy atom. The lowest BCUT2D eigenvalue weighted by Gasteiger charge is -2.21. The number of fused-ring (bicyclic) bond motifs is 5. The van der Waals surface area contributed by atoms with Crippen LogP contribution in [0.5, 0.6) is 0 Å². The van der Waals surface area contributed by atoms with Gasteiger partial charge in [-0.25, -0.2) is 0 Å². The molecule has 0 bridgehead atoms. The zero-order chi connectivity index (χ0) is 11.2. The maximum atomic E-state index is 3.46. The Kier molecular flexibility index (Phi) is 1.64. The third-order valence-corrected chi connectivity index (χ3v) is 3.44. The van der Waals surface area contributed by atoms with Gasteiger partial charge in [0.15, 0.2) is 0 Å². The average Bonchev–Trinajstić information content (AvgIpc) is 2.78. The molecule has 17 heavy (non-hydrogen) atoms. The van der Waals surface area contributed by atoms with E-state index in [0.717, 1.165) is 6.67 Å². The fourth-order valence-electron chi connectivity index (χ4n) is 2.63. The van der Waals surface area contributed by atoms with Gasteiger partial charge in [-0.05, 0) is 18.2 Å². The van der Waals surface area contributed by atoms with Crippen LogP contribution < -0.4 is 5.32 Å². The standard InChI is InChI=1S/C15H12N2/c1-4-8-14-11(5-1)9-15-12-6-2-3-7-13(12)16-10-17(14)15/h1-9,16H,10H2. The molecule has 4 rings (SSSR count).